The minimum Gasteiger partial charge on any atom is -0.469 e. The summed E-state index contributed by atoms with van der Waals surface area (Å²) in [5.41, 5.74) is 0. The van der Waals surface area contributed by atoms with Gasteiger partial charge in [0.25, 0.3) is 0 Å². The standard InChI is InChI=1S/C17H25N3O3S/c1-18-17(20-11-8-14(9-12-20)16(21)23-2)19-10-13-24(22)15-6-4-3-5-7-15/h3-7,14H,8-13H2,1-2H3,(H,18,19). The molecule has 2 rings (SSSR count). The molecule has 132 valence electrons. The molecule has 1 aromatic rings. The molecular formula is C17H25N3O3S. The molecule has 0 bridgehead atoms. The van der Waals surface area contributed by atoms with Crippen LogP contribution >= 0.6 is 0 Å². The molecule has 1 unspecified atom stereocenters. The Bertz CT molecular complexity index is 584. The van der Waals surface area contributed by atoms with Crippen molar-refractivity contribution in [2.24, 2.45) is 10.9 Å². The van der Waals surface area contributed by atoms with Crippen molar-refractivity contribution in [2.45, 2.75) is 17.7 Å². The summed E-state index contributed by atoms with van der Waals surface area (Å²) in [6, 6.07) is 9.46. The smallest absolute Gasteiger partial charge is 0.308 e. The molecule has 1 aromatic carbocycles. The van der Waals surface area contributed by atoms with Crippen molar-refractivity contribution < 1.29 is 13.7 Å². The normalized spacial score (nSPS) is 17.4. The van der Waals surface area contributed by atoms with Crippen LogP contribution in [-0.2, 0) is 20.3 Å². The van der Waals surface area contributed by atoms with E-state index >= 15 is 0 Å². The Balaban J connectivity index is 1.77. The first kappa shape index (κ1) is 18.4. The van der Waals surface area contributed by atoms with Gasteiger partial charge in [0.15, 0.2) is 5.96 Å². The maximum atomic E-state index is 12.2. The lowest BCUT2D eigenvalue weighted by Gasteiger charge is -2.33. The number of likely N-dealkylation sites (tertiary alicyclic amines) is 1. The summed E-state index contributed by atoms with van der Waals surface area (Å²) in [6.45, 7) is 2.12. The van der Waals surface area contributed by atoms with Crippen LogP contribution in [0.15, 0.2) is 40.2 Å². The number of benzene rings is 1. The van der Waals surface area contributed by atoms with E-state index in [2.05, 4.69) is 15.2 Å². The first-order valence-electron chi connectivity index (χ1n) is 8.12. The van der Waals surface area contributed by atoms with Crippen molar-refractivity contribution in [3.05, 3.63) is 30.3 Å². The molecule has 0 saturated carbocycles. The molecule has 0 aromatic heterocycles. The Morgan fingerprint density at radius 2 is 2.00 bits per heavy atom. The van der Waals surface area contributed by atoms with E-state index in [0.717, 1.165) is 36.8 Å². The molecule has 24 heavy (non-hydrogen) atoms. The number of hydrogen-bond donors (Lipinski definition) is 1. The topological polar surface area (TPSA) is 71.0 Å². The highest BCUT2D eigenvalue weighted by Crippen LogP contribution is 2.18. The van der Waals surface area contributed by atoms with Gasteiger partial charge in [0, 0.05) is 37.3 Å². The van der Waals surface area contributed by atoms with Gasteiger partial charge in [-0.2, -0.15) is 0 Å². The third-order valence-corrected chi connectivity index (χ3v) is 5.49. The zero-order chi connectivity index (χ0) is 17.4. The van der Waals surface area contributed by atoms with Crippen molar-refractivity contribution in [3.8, 4) is 0 Å². The second-order valence-corrected chi connectivity index (χ2v) is 7.19. The van der Waals surface area contributed by atoms with Gasteiger partial charge >= 0.3 is 5.97 Å². The number of ether oxygens (including phenoxy) is 1. The molecular weight excluding hydrogens is 326 g/mol. The van der Waals surface area contributed by atoms with Crippen molar-refractivity contribution in [1.29, 1.82) is 0 Å². The fourth-order valence-corrected chi connectivity index (χ4v) is 3.76. The van der Waals surface area contributed by atoms with Crippen molar-refractivity contribution >= 4 is 22.7 Å². The third-order valence-electron chi connectivity index (χ3n) is 4.12. The quantitative estimate of drug-likeness (QED) is 0.491. The van der Waals surface area contributed by atoms with Gasteiger partial charge in [0.2, 0.25) is 0 Å². The van der Waals surface area contributed by atoms with Gasteiger partial charge in [-0.25, -0.2) is 0 Å². The fraction of sp³-hybridized carbons (Fsp3) is 0.529. The number of nitrogens with zero attached hydrogens (tertiary/aromatic N) is 2. The van der Waals surface area contributed by atoms with Crippen molar-refractivity contribution in [1.82, 2.24) is 10.2 Å². The number of aliphatic imine (C=N–C) groups is 1. The number of esters is 1. The minimum absolute atomic E-state index is 0.0186. The van der Waals surface area contributed by atoms with Crippen LogP contribution in [0.25, 0.3) is 0 Å². The van der Waals surface area contributed by atoms with Gasteiger partial charge < -0.3 is 15.0 Å². The maximum absolute atomic E-state index is 12.2. The second-order valence-electron chi connectivity index (χ2n) is 5.62. The summed E-state index contributed by atoms with van der Waals surface area (Å²) >= 11 is 0. The van der Waals surface area contributed by atoms with E-state index in [9.17, 15) is 9.00 Å². The zero-order valence-electron chi connectivity index (χ0n) is 14.2. The van der Waals surface area contributed by atoms with Crippen LogP contribution in [0.2, 0.25) is 0 Å². The fourth-order valence-electron chi connectivity index (χ4n) is 2.77. The molecule has 0 spiro atoms. The number of rotatable bonds is 5. The predicted octanol–water partition coefficient (Wildman–Crippen LogP) is 1.25. The largest absolute Gasteiger partial charge is 0.469 e. The first-order chi connectivity index (χ1) is 11.7. The Morgan fingerprint density at radius 1 is 1.33 bits per heavy atom. The van der Waals surface area contributed by atoms with E-state index in [1.807, 2.05) is 30.3 Å². The number of methoxy groups -OCH3 is 1. The molecule has 6 nitrogen and oxygen atoms in total. The second kappa shape index (κ2) is 9.42. The SMILES string of the molecule is CN=C(NCCS(=O)c1ccccc1)N1CCC(C(=O)OC)CC1. The Hall–Kier alpha value is -1.89. The summed E-state index contributed by atoms with van der Waals surface area (Å²) in [5, 5.41) is 3.26. The van der Waals surface area contributed by atoms with E-state index in [4.69, 9.17) is 4.74 Å². The van der Waals surface area contributed by atoms with Crippen LogP contribution < -0.4 is 5.32 Å². The van der Waals surface area contributed by atoms with Crippen molar-refractivity contribution in [3.63, 3.8) is 0 Å². The highest BCUT2D eigenvalue weighted by atomic mass is 32.2. The molecule has 0 radical (unpaired) electrons. The summed E-state index contributed by atoms with van der Waals surface area (Å²) in [7, 11) is 2.15. The average molecular weight is 351 g/mol. The number of carbonyl (C=O) groups is 1. The van der Waals surface area contributed by atoms with E-state index < -0.39 is 10.8 Å². The van der Waals surface area contributed by atoms with Gasteiger partial charge in [0.1, 0.15) is 0 Å². The van der Waals surface area contributed by atoms with E-state index in [0.29, 0.717) is 12.3 Å². The Kier molecular flexibility index (Phi) is 7.24. The molecule has 1 fully saturated rings. The van der Waals surface area contributed by atoms with Crippen LogP contribution in [0, 0.1) is 5.92 Å². The molecule has 1 saturated heterocycles. The van der Waals surface area contributed by atoms with E-state index in [-0.39, 0.29) is 11.9 Å². The van der Waals surface area contributed by atoms with Gasteiger partial charge in [-0.15, -0.1) is 0 Å². The predicted molar refractivity (Wildman–Crippen MR) is 95.4 cm³/mol. The molecule has 0 aliphatic carbocycles. The molecule has 1 heterocycles. The summed E-state index contributed by atoms with van der Waals surface area (Å²) in [4.78, 5) is 18.8. The Labute approximate surface area is 145 Å². The molecule has 1 N–H and O–H groups in total. The molecule has 0 amide bonds. The highest BCUT2D eigenvalue weighted by molar-refractivity contribution is 7.85. The van der Waals surface area contributed by atoms with Crippen LogP contribution in [0.3, 0.4) is 0 Å². The number of piperidine rings is 1. The monoisotopic (exact) mass is 351 g/mol. The number of carbonyl (C=O) groups excluding carboxylic acids is 1. The lowest BCUT2D eigenvalue weighted by Crippen LogP contribution is -2.47. The van der Waals surface area contributed by atoms with E-state index in [1.54, 1.807) is 7.05 Å². The molecule has 7 heteroatoms. The first-order valence-corrected chi connectivity index (χ1v) is 9.44. The van der Waals surface area contributed by atoms with Gasteiger partial charge in [-0.05, 0) is 25.0 Å². The number of guanidine groups is 1. The average Bonchev–Trinajstić information content (AvgIpc) is 2.65. The zero-order valence-corrected chi connectivity index (χ0v) is 15.1. The lowest BCUT2D eigenvalue weighted by molar-refractivity contribution is -0.146. The van der Waals surface area contributed by atoms with Crippen LogP contribution in [0.1, 0.15) is 12.8 Å². The van der Waals surface area contributed by atoms with Crippen LogP contribution in [0.4, 0.5) is 0 Å². The maximum Gasteiger partial charge on any atom is 0.308 e. The summed E-state index contributed by atoms with van der Waals surface area (Å²) in [5.74, 6) is 1.18. The molecule has 1 aliphatic rings. The number of nitrogens with one attached hydrogen (secondary N) is 1. The lowest BCUT2D eigenvalue weighted by atomic mass is 9.97. The number of hydrogen-bond acceptors (Lipinski definition) is 4. The van der Waals surface area contributed by atoms with E-state index in [1.165, 1.54) is 7.11 Å². The van der Waals surface area contributed by atoms with Crippen LogP contribution in [0.5, 0.6) is 0 Å². The summed E-state index contributed by atoms with van der Waals surface area (Å²) < 4.78 is 17.0. The molecule has 1 aliphatic heterocycles. The third kappa shape index (κ3) is 5.06. The minimum atomic E-state index is -1.02. The van der Waals surface area contributed by atoms with Crippen molar-refractivity contribution in [2.75, 3.05) is 39.5 Å². The van der Waals surface area contributed by atoms with Gasteiger partial charge in [-0.1, -0.05) is 18.2 Å². The summed E-state index contributed by atoms with van der Waals surface area (Å²) in [6.07, 6.45) is 1.53. The Morgan fingerprint density at radius 3 is 2.58 bits per heavy atom. The highest BCUT2D eigenvalue weighted by Gasteiger charge is 2.26. The van der Waals surface area contributed by atoms with Gasteiger partial charge in [-0.3, -0.25) is 14.0 Å². The van der Waals surface area contributed by atoms with Gasteiger partial charge in [0.05, 0.1) is 23.8 Å². The molecule has 1 atom stereocenters. The van der Waals surface area contributed by atoms with Crippen LogP contribution in [-0.4, -0.2) is 60.6 Å².